The maximum atomic E-state index is 5.91. The maximum Gasteiger partial charge on any atom is 0.0908 e. The summed E-state index contributed by atoms with van der Waals surface area (Å²) in [6.45, 7) is 2.38. The van der Waals surface area contributed by atoms with Crippen LogP contribution >= 0.6 is 11.6 Å². The molecule has 0 spiro atoms. The van der Waals surface area contributed by atoms with Gasteiger partial charge in [0.2, 0.25) is 0 Å². The van der Waals surface area contributed by atoms with Gasteiger partial charge in [-0.2, -0.15) is 0 Å². The first-order valence-electron chi connectivity index (χ1n) is 4.28. The minimum absolute atomic E-state index is 0.332. The number of rotatable bonds is 3. The molecule has 70 valence electrons. The summed E-state index contributed by atoms with van der Waals surface area (Å²) in [5, 5.41) is 3.81. The molecule has 1 fully saturated rings. The van der Waals surface area contributed by atoms with Gasteiger partial charge in [-0.25, -0.2) is 0 Å². The van der Waals surface area contributed by atoms with Crippen molar-refractivity contribution in [2.24, 2.45) is 0 Å². The second-order valence-electron chi connectivity index (χ2n) is 3.02. The van der Waals surface area contributed by atoms with Crippen LogP contribution in [0.15, 0.2) is 18.3 Å². The minimum atomic E-state index is 0.332. The summed E-state index contributed by atoms with van der Waals surface area (Å²) >= 11 is 5.91. The number of nitrogens with one attached hydrogen (secondary N) is 1. The Labute approximate surface area is 82.1 Å². The van der Waals surface area contributed by atoms with Crippen LogP contribution in [0.3, 0.4) is 0 Å². The molecule has 0 amide bonds. The Bertz CT molecular complexity index is 289. The van der Waals surface area contributed by atoms with Crippen molar-refractivity contribution >= 4 is 11.6 Å². The normalized spacial score (nSPS) is 17.0. The van der Waals surface area contributed by atoms with E-state index in [1.807, 2.05) is 12.1 Å². The molecule has 0 aromatic carbocycles. The van der Waals surface area contributed by atoms with Crippen LogP contribution in [0.5, 0.6) is 0 Å². The Balaban J connectivity index is 1.89. The Morgan fingerprint density at radius 1 is 1.62 bits per heavy atom. The largest absolute Gasteiger partial charge is 0.369 e. The van der Waals surface area contributed by atoms with Crippen LogP contribution in [-0.2, 0) is 11.3 Å². The van der Waals surface area contributed by atoms with Gasteiger partial charge >= 0.3 is 0 Å². The maximum absolute atomic E-state index is 5.91. The van der Waals surface area contributed by atoms with Crippen molar-refractivity contribution in [1.82, 2.24) is 10.3 Å². The van der Waals surface area contributed by atoms with Crippen LogP contribution in [0.4, 0.5) is 0 Å². The van der Waals surface area contributed by atoms with Crippen LogP contribution in [-0.4, -0.2) is 24.2 Å². The molecule has 0 radical (unpaired) electrons. The first kappa shape index (κ1) is 8.94. The molecular weight excluding hydrogens is 188 g/mol. The summed E-state index contributed by atoms with van der Waals surface area (Å²) < 4.78 is 5.54. The van der Waals surface area contributed by atoms with Crippen LogP contribution < -0.4 is 5.32 Å². The van der Waals surface area contributed by atoms with Crippen molar-refractivity contribution in [3.05, 3.63) is 29.0 Å². The van der Waals surface area contributed by atoms with Crippen LogP contribution in [0.1, 0.15) is 5.69 Å². The second kappa shape index (κ2) is 4.05. The zero-order valence-corrected chi connectivity index (χ0v) is 7.92. The Kier molecular flexibility index (Phi) is 2.78. The van der Waals surface area contributed by atoms with E-state index in [1.165, 1.54) is 0 Å². The van der Waals surface area contributed by atoms with E-state index in [2.05, 4.69) is 10.3 Å². The highest BCUT2D eigenvalue weighted by Gasteiger charge is 2.17. The van der Waals surface area contributed by atoms with Crippen LogP contribution in [0, 0.1) is 0 Å². The summed E-state index contributed by atoms with van der Waals surface area (Å²) in [6, 6.07) is 3.64. The number of pyridine rings is 1. The van der Waals surface area contributed by atoms with Crippen molar-refractivity contribution in [2.75, 3.05) is 13.1 Å². The fourth-order valence-corrected chi connectivity index (χ4v) is 1.28. The van der Waals surface area contributed by atoms with Gasteiger partial charge in [-0.1, -0.05) is 11.6 Å². The molecule has 1 aromatic rings. The molecule has 2 rings (SSSR count). The molecule has 1 saturated heterocycles. The molecule has 4 heteroatoms. The van der Waals surface area contributed by atoms with E-state index < -0.39 is 0 Å². The third-order valence-corrected chi connectivity index (χ3v) is 2.38. The highest BCUT2D eigenvalue weighted by Crippen LogP contribution is 2.14. The van der Waals surface area contributed by atoms with Gasteiger partial charge in [0.05, 0.1) is 23.4 Å². The lowest BCUT2D eigenvalue weighted by Crippen LogP contribution is -2.48. The predicted octanol–water partition coefficient (Wildman–Crippen LogP) is 1.22. The molecule has 1 aromatic heterocycles. The number of hydrogen-bond donors (Lipinski definition) is 1. The molecule has 3 nitrogen and oxygen atoms in total. The summed E-state index contributed by atoms with van der Waals surface area (Å²) in [4.78, 5) is 4.13. The van der Waals surface area contributed by atoms with E-state index in [4.69, 9.17) is 16.3 Å². The summed E-state index contributed by atoms with van der Waals surface area (Å²) in [6.07, 6.45) is 2.06. The number of hydrogen-bond acceptors (Lipinski definition) is 3. The molecule has 1 aliphatic rings. The van der Waals surface area contributed by atoms with Gasteiger partial charge in [-0.15, -0.1) is 0 Å². The van der Waals surface area contributed by atoms with Gasteiger partial charge in [-0.05, 0) is 12.1 Å². The average Bonchev–Trinajstić information content (AvgIpc) is 2.05. The second-order valence-corrected chi connectivity index (χ2v) is 3.43. The van der Waals surface area contributed by atoms with Gasteiger partial charge in [0.25, 0.3) is 0 Å². The van der Waals surface area contributed by atoms with Crippen molar-refractivity contribution < 1.29 is 4.74 Å². The van der Waals surface area contributed by atoms with Gasteiger partial charge in [0, 0.05) is 19.3 Å². The zero-order chi connectivity index (χ0) is 9.10. The third kappa shape index (κ3) is 2.18. The number of nitrogens with zero attached hydrogens (tertiary/aromatic N) is 1. The van der Waals surface area contributed by atoms with E-state index in [-0.39, 0.29) is 0 Å². The monoisotopic (exact) mass is 198 g/mol. The lowest BCUT2D eigenvalue weighted by molar-refractivity contribution is 0.00610. The van der Waals surface area contributed by atoms with E-state index in [1.54, 1.807) is 6.20 Å². The summed E-state index contributed by atoms with van der Waals surface area (Å²) in [7, 11) is 0. The topological polar surface area (TPSA) is 34.1 Å². The van der Waals surface area contributed by atoms with E-state index >= 15 is 0 Å². The van der Waals surface area contributed by atoms with Crippen LogP contribution in [0.2, 0.25) is 5.02 Å². The van der Waals surface area contributed by atoms with Crippen LogP contribution in [0.25, 0.3) is 0 Å². The predicted molar refractivity (Wildman–Crippen MR) is 50.7 cm³/mol. The SMILES string of the molecule is Clc1cccnc1COC1CNC1. The standard InChI is InChI=1S/C9H11ClN2O/c10-8-2-1-3-12-9(8)6-13-7-4-11-5-7/h1-3,7,11H,4-6H2. The molecule has 13 heavy (non-hydrogen) atoms. The molecule has 0 saturated carbocycles. The van der Waals surface area contributed by atoms with Gasteiger partial charge < -0.3 is 10.1 Å². The fraction of sp³-hybridized carbons (Fsp3) is 0.444. The third-order valence-electron chi connectivity index (χ3n) is 2.03. The molecule has 2 heterocycles. The van der Waals surface area contributed by atoms with Crippen molar-refractivity contribution in [3.8, 4) is 0 Å². The lowest BCUT2D eigenvalue weighted by atomic mass is 10.2. The van der Waals surface area contributed by atoms with E-state index in [0.717, 1.165) is 18.8 Å². The highest BCUT2D eigenvalue weighted by atomic mass is 35.5. The lowest BCUT2D eigenvalue weighted by Gasteiger charge is -2.26. The van der Waals surface area contributed by atoms with E-state index in [9.17, 15) is 0 Å². The molecule has 0 aliphatic carbocycles. The molecule has 0 bridgehead atoms. The average molecular weight is 199 g/mol. The van der Waals surface area contributed by atoms with Gasteiger partial charge in [0.1, 0.15) is 0 Å². The molecular formula is C9H11ClN2O. The Morgan fingerprint density at radius 2 is 2.46 bits per heavy atom. The molecule has 1 N–H and O–H groups in total. The zero-order valence-electron chi connectivity index (χ0n) is 7.16. The van der Waals surface area contributed by atoms with Crippen molar-refractivity contribution in [1.29, 1.82) is 0 Å². The quantitative estimate of drug-likeness (QED) is 0.793. The first-order valence-corrected chi connectivity index (χ1v) is 4.66. The first-order chi connectivity index (χ1) is 6.36. The molecule has 0 atom stereocenters. The van der Waals surface area contributed by atoms with Gasteiger partial charge in [-0.3, -0.25) is 4.98 Å². The summed E-state index contributed by atoms with van der Waals surface area (Å²) in [5.74, 6) is 0. The Hall–Kier alpha value is -0.640. The van der Waals surface area contributed by atoms with Crippen molar-refractivity contribution in [2.45, 2.75) is 12.7 Å². The molecule has 1 aliphatic heterocycles. The smallest absolute Gasteiger partial charge is 0.0908 e. The number of aromatic nitrogens is 1. The number of halogens is 1. The Morgan fingerprint density at radius 3 is 3.08 bits per heavy atom. The minimum Gasteiger partial charge on any atom is -0.369 e. The van der Waals surface area contributed by atoms with E-state index in [0.29, 0.717) is 17.7 Å². The number of ether oxygens (including phenoxy) is 1. The van der Waals surface area contributed by atoms with Crippen molar-refractivity contribution in [3.63, 3.8) is 0 Å². The van der Waals surface area contributed by atoms with Gasteiger partial charge in [0.15, 0.2) is 0 Å². The molecule has 0 unspecified atom stereocenters. The highest BCUT2D eigenvalue weighted by molar-refractivity contribution is 6.31. The fourth-order valence-electron chi connectivity index (χ4n) is 1.10. The summed E-state index contributed by atoms with van der Waals surface area (Å²) in [5.41, 5.74) is 0.816.